The molecule has 0 bridgehead atoms. The van der Waals surface area contributed by atoms with Crippen molar-refractivity contribution in [3.63, 3.8) is 0 Å². The molecule has 17 heavy (non-hydrogen) atoms. The number of halogens is 1. The zero-order valence-corrected chi connectivity index (χ0v) is 10.5. The van der Waals surface area contributed by atoms with Gasteiger partial charge in [0.1, 0.15) is 5.82 Å². The molecule has 1 heterocycles. The average Bonchev–Trinajstić information content (AvgIpc) is 3.13. The lowest BCUT2D eigenvalue weighted by molar-refractivity contribution is 0.0952. The van der Waals surface area contributed by atoms with Crippen LogP contribution in [0.15, 0.2) is 12.3 Å². The fraction of sp³-hybridized carbons (Fsp3) is 0.500. The van der Waals surface area contributed by atoms with Crippen LogP contribution in [-0.2, 0) is 0 Å². The number of pyridine rings is 1. The normalized spacial score (nSPS) is 14.5. The molecule has 0 aromatic carbocycles. The van der Waals surface area contributed by atoms with Gasteiger partial charge in [0, 0.05) is 19.8 Å². The first kappa shape index (κ1) is 12.2. The number of nitrogens with one attached hydrogen (secondary N) is 2. The lowest BCUT2D eigenvalue weighted by Gasteiger charge is -2.06. The van der Waals surface area contributed by atoms with E-state index in [0.29, 0.717) is 16.4 Å². The van der Waals surface area contributed by atoms with Crippen LogP contribution in [0.2, 0.25) is 5.02 Å². The average molecular weight is 254 g/mol. The smallest absolute Gasteiger partial charge is 0.252 e. The van der Waals surface area contributed by atoms with Crippen LogP contribution in [0, 0.1) is 5.92 Å². The van der Waals surface area contributed by atoms with Crippen molar-refractivity contribution in [2.45, 2.75) is 19.3 Å². The van der Waals surface area contributed by atoms with Gasteiger partial charge >= 0.3 is 0 Å². The molecule has 1 amide bonds. The minimum Gasteiger partial charge on any atom is -0.372 e. The van der Waals surface area contributed by atoms with Crippen molar-refractivity contribution in [3.05, 3.63) is 22.8 Å². The third-order valence-electron chi connectivity index (χ3n) is 2.88. The van der Waals surface area contributed by atoms with Crippen LogP contribution in [-0.4, -0.2) is 24.5 Å². The Labute approximate surface area is 106 Å². The van der Waals surface area contributed by atoms with Gasteiger partial charge in [0.2, 0.25) is 0 Å². The van der Waals surface area contributed by atoms with Crippen LogP contribution in [0.4, 0.5) is 5.82 Å². The standard InChI is InChI=1S/C12H16ClN3O/c1-14-11-10(13)6-9(7-16-11)12(17)15-5-4-8-2-3-8/h6-8H,2-5H2,1H3,(H,14,16)(H,15,17). The molecule has 1 fully saturated rings. The predicted octanol–water partition coefficient (Wildman–Crippen LogP) is 2.31. The van der Waals surface area contributed by atoms with Crippen molar-refractivity contribution in [3.8, 4) is 0 Å². The van der Waals surface area contributed by atoms with Crippen LogP contribution in [0.25, 0.3) is 0 Å². The monoisotopic (exact) mass is 253 g/mol. The fourth-order valence-corrected chi connectivity index (χ4v) is 1.91. The van der Waals surface area contributed by atoms with E-state index in [9.17, 15) is 4.79 Å². The van der Waals surface area contributed by atoms with Gasteiger partial charge in [-0.1, -0.05) is 24.4 Å². The highest BCUT2D eigenvalue weighted by Crippen LogP contribution is 2.31. The minimum absolute atomic E-state index is 0.109. The molecule has 0 atom stereocenters. The molecule has 1 aliphatic carbocycles. The Balaban J connectivity index is 1.90. The highest BCUT2D eigenvalue weighted by molar-refractivity contribution is 6.33. The predicted molar refractivity (Wildman–Crippen MR) is 68.5 cm³/mol. The van der Waals surface area contributed by atoms with Gasteiger partial charge in [-0.2, -0.15) is 0 Å². The fourth-order valence-electron chi connectivity index (χ4n) is 1.64. The van der Waals surface area contributed by atoms with E-state index in [1.165, 1.54) is 19.0 Å². The van der Waals surface area contributed by atoms with E-state index in [0.717, 1.165) is 18.9 Å². The molecule has 2 N–H and O–H groups in total. The Morgan fingerprint density at radius 1 is 1.59 bits per heavy atom. The van der Waals surface area contributed by atoms with E-state index in [2.05, 4.69) is 15.6 Å². The zero-order valence-electron chi connectivity index (χ0n) is 9.79. The molecule has 0 spiro atoms. The number of hydrogen-bond donors (Lipinski definition) is 2. The molecule has 0 unspecified atom stereocenters. The summed E-state index contributed by atoms with van der Waals surface area (Å²) in [5, 5.41) is 6.19. The highest BCUT2D eigenvalue weighted by atomic mass is 35.5. The number of amides is 1. The van der Waals surface area contributed by atoms with E-state index in [1.54, 1.807) is 13.1 Å². The molecule has 2 rings (SSSR count). The molecule has 0 radical (unpaired) electrons. The highest BCUT2D eigenvalue weighted by Gasteiger charge is 2.20. The maximum Gasteiger partial charge on any atom is 0.252 e. The van der Waals surface area contributed by atoms with E-state index < -0.39 is 0 Å². The Bertz CT molecular complexity index is 418. The molecule has 5 heteroatoms. The summed E-state index contributed by atoms with van der Waals surface area (Å²) in [6.45, 7) is 0.731. The van der Waals surface area contributed by atoms with Crippen LogP contribution in [0.1, 0.15) is 29.6 Å². The van der Waals surface area contributed by atoms with Gasteiger partial charge in [-0.25, -0.2) is 4.98 Å². The molecule has 0 aliphatic heterocycles. The van der Waals surface area contributed by atoms with Crippen LogP contribution in [0.5, 0.6) is 0 Å². The second-order valence-electron chi connectivity index (χ2n) is 4.29. The van der Waals surface area contributed by atoms with Crippen LogP contribution >= 0.6 is 11.6 Å². The van der Waals surface area contributed by atoms with Gasteiger partial charge in [-0.15, -0.1) is 0 Å². The molecule has 1 aromatic rings. The zero-order chi connectivity index (χ0) is 12.3. The van der Waals surface area contributed by atoms with Gasteiger partial charge < -0.3 is 10.6 Å². The summed E-state index contributed by atoms with van der Waals surface area (Å²) < 4.78 is 0. The van der Waals surface area contributed by atoms with Gasteiger partial charge in [0.05, 0.1) is 10.6 Å². The van der Waals surface area contributed by atoms with Gasteiger partial charge in [0.25, 0.3) is 5.91 Å². The molecule has 92 valence electrons. The maximum atomic E-state index is 11.8. The number of rotatable bonds is 5. The second kappa shape index (κ2) is 5.36. The second-order valence-corrected chi connectivity index (χ2v) is 4.70. The third kappa shape index (κ3) is 3.33. The topological polar surface area (TPSA) is 54.0 Å². The molecule has 4 nitrogen and oxygen atoms in total. The Hall–Kier alpha value is -1.29. The SMILES string of the molecule is CNc1ncc(C(=O)NCCC2CC2)cc1Cl. The molecule has 1 aliphatic rings. The van der Waals surface area contributed by atoms with Gasteiger partial charge in [-0.05, 0) is 18.4 Å². The van der Waals surface area contributed by atoms with Crippen molar-refractivity contribution in [2.24, 2.45) is 5.92 Å². The Morgan fingerprint density at radius 3 is 2.94 bits per heavy atom. The Morgan fingerprint density at radius 2 is 2.35 bits per heavy atom. The summed E-state index contributed by atoms with van der Waals surface area (Å²) >= 11 is 5.96. The number of hydrogen-bond acceptors (Lipinski definition) is 3. The molecular formula is C12H16ClN3O. The molecule has 0 saturated heterocycles. The molecular weight excluding hydrogens is 238 g/mol. The first-order valence-electron chi connectivity index (χ1n) is 5.82. The minimum atomic E-state index is -0.109. The largest absolute Gasteiger partial charge is 0.372 e. The Kier molecular flexibility index (Phi) is 3.84. The lowest BCUT2D eigenvalue weighted by Crippen LogP contribution is -2.24. The van der Waals surface area contributed by atoms with Crippen molar-refractivity contribution in [1.82, 2.24) is 10.3 Å². The summed E-state index contributed by atoms with van der Waals surface area (Å²) in [7, 11) is 1.74. The van der Waals surface area contributed by atoms with Gasteiger partial charge in [0.15, 0.2) is 0 Å². The molecule has 1 saturated carbocycles. The van der Waals surface area contributed by atoms with Crippen LogP contribution in [0.3, 0.4) is 0 Å². The van der Waals surface area contributed by atoms with Gasteiger partial charge in [-0.3, -0.25) is 4.79 Å². The number of carbonyl (C=O) groups excluding carboxylic acids is 1. The van der Waals surface area contributed by atoms with E-state index in [-0.39, 0.29) is 5.91 Å². The summed E-state index contributed by atoms with van der Waals surface area (Å²) in [5.74, 6) is 1.30. The summed E-state index contributed by atoms with van der Waals surface area (Å²) in [4.78, 5) is 15.8. The first-order chi connectivity index (χ1) is 8.20. The number of aromatic nitrogens is 1. The lowest BCUT2D eigenvalue weighted by atomic mass is 10.2. The quantitative estimate of drug-likeness (QED) is 0.847. The van der Waals surface area contributed by atoms with Crippen molar-refractivity contribution >= 4 is 23.3 Å². The molecule has 1 aromatic heterocycles. The number of anilines is 1. The van der Waals surface area contributed by atoms with Crippen molar-refractivity contribution in [2.75, 3.05) is 18.9 Å². The summed E-state index contributed by atoms with van der Waals surface area (Å²) in [6, 6.07) is 1.63. The third-order valence-corrected chi connectivity index (χ3v) is 3.16. The van der Waals surface area contributed by atoms with E-state index >= 15 is 0 Å². The summed E-state index contributed by atoms with van der Waals surface area (Å²) in [5.41, 5.74) is 0.504. The van der Waals surface area contributed by atoms with Crippen molar-refractivity contribution in [1.29, 1.82) is 0 Å². The number of carbonyl (C=O) groups is 1. The first-order valence-corrected chi connectivity index (χ1v) is 6.20. The number of nitrogens with zero attached hydrogens (tertiary/aromatic N) is 1. The summed E-state index contributed by atoms with van der Waals surface area (Å²) in [6.07, 6.45) is 5.21. The van der Waals surface area contributed by atoms with Crippen LogP contribution < -0.4 is 10.6 Å². The van der Waals surface area contributed by atoms with E-state index in [1.807, 2.05) is 0 Å². The maximum absolute atomic E-state index is 11.8. The van der Waals surface area contributed by atoms with E-state index in [4.69, 9.17) is 11.6 Å². The van der Waals surface area contributed by atoms with Crippen molar-refractivity contribution < 1.29 is 4.79 Å².